The van der Waals surface area contributed by atoms with Crippen LogP contribution in [0.1, 0.15) is 26.2 Å². The summed E-state index contributed by atoms with van der Waals surface area (Å²) in [5.74, 6) is -0.464. The molecule has 1 heterocycles. The number of halogens is 3. The van der Waals surface area contributed by atoms with Crippen LogP contribution in [0.3, 0.4) is 0 Å². The Hall–Kier alpha value is -0.820. The Balaban J connectivity index is 2.49. The Morgan fingerprint density at radius 2 is 2.21 bits per heavy atom. The molecule has 112 valence electrons. The normalized spacial score (nSPS) is 20.3. The van der Waals surface area contributed by atoms with Crippen molar-refractivity contribution in [3.63, 3.8) is 0 Å². The monoisotopic (exact) mass is 282 g/mol. The largest absolute Gasteiger partial charge is 0.406 e. The highest BCUT2D eigenvalue weighted by Gasteiger charge is 2.33. The molecule has 1 saturated heterocycles. The third kappa shape index (κ3) is 6.77. The van der Waals surface area contributed by atoms with Gasteiger partial charge in [-0.05, 0) is 6.42 Å². The molecule has 1 rings (SSSR count). The summed E-state index contributed by atoms with van der Waals surface area (Å²) >= 11 is 0. The quantitative estimate of drug-likeness (QED) is 0.804. The first-order valence-corrected chi connectivity index (χ1v) is 6.58. The molecular formula is C12H21F3N2O2. The first-order valence-electron chi connectivity index (χ1n) is 6.58. The molecule has 1 fully saturated rings. The highest BCUT2D eigenvalue weighted by molar-refractivity contribution is 5.76. The number of alkyl halides is 3. The number of carbonyl (C=O) groups is 1. The van der Waals surface area contributed by atoms with E-state index in [9.17, 15) is 18.0 Å². The molecular weight excluding hydrogens is 261 g/mol. The summed E-state index contributed by atoms with van der Waals surface area (Å²) in [7, 11) is 0. The molecule has 1 amide bonds. The summed E-state index contributed by atoms with van der Waals surface area (Å²) in [6, 6.07) is -0.182. The van der Waals surface area contributed by atoms with Crippen molar-refractivity contribution >= 4 is 5.91 Å². The number of nitrogens with zero attached hydrogens (tertiary/aromatic N) is 1. The van der Waals surface area contributed by atoms with E-state index in [-0.39, 0.29) is 19.0 Å². The minimum atomic E-state index is -4.35. The molecule has 1 N–H and O–H groups in total. The van der Waals surface area contributed by atoms with Crippen LogP contribution in [-0.2, 0) is 9.53 Å². The summed E-state index contributed by atoms with van der Waals surface area (Å²) < 4.78 is 42.5. The van der Waals surface area contributed by atoms with Crippen molar-refractivity contribution in [1.29, 1.82) is 0 Å². The van der Waals surface area contributed by atoms with Gasteiger partial charge in [-0.25, -0.2) is 0 Å². The predicted molar refractivity (Wildman–Crippen MR) is 64.8 cm³/mol. The second kappa shape index (κ2) is 7.69. The number of unbranched alkanes of at least 4 members (excludes halogenated alkanes) is 1. The predicted octanol–water partition coefficient (Wildman–Crippen LogP) is 1.56. The molecule has 0 bridgehead atoms. The molecule has 0 aromatic rings. The zero-order valence-corrected chi connectivity index (χ0v) is 11.1. The van der Waals surface area contributed by atoms with E-state index >= 15 is 0 Å². The fourth-order valence-electron chi connectivity index (χ4n) is 1.95. The van der Waals surface area contributed by atoms with Gasteiger partial charge in [-0.2, -0.15) is 13.2 Å². The molecule has 0 aromatic carbocycles. The molecule has 1 unspecified atom stereocenters. The topological polar surface area (TPSA) is 41.6 Å². The maximum absolute atomic E-state index is 12.4. The second-order valence-corrected chi connectivity index (χ2v) is 4.71. The third-order valence-corrected chi connectivity index (χ3v) is 2.92. The zero-order valence-electron chi connectivity index (χ0n) is 11.1. The van der Waals surface area contributed by atoms with Gasteiger partial charge in [0, 0.05) is 25.6 Å². The van der Waals surface area contributed by atoms with Crippen molar-refractivity contribution in [3.8, 4) is 0 Å². The summed E-state index contributed by atoms with van der Waals surface area (Å²) in [5.41, 5.74) is 0. The van der Waals surface area contributed by atoms with E-state index in [1.165, 1.54) is 0 Å². The molecule has 7 heteroatoms. The fraction of sp³-hybridized carbons (Fsp3) is 0.917. The van der Waals surface area contributed by atoms with Crippen molar-refractivity contribution < 1.29 is 22.7 Å². The standard InChI is InChI=1S/C12H21F3N2O2/c1-2-3-5-17(9-12(13,14)15)11(18)7-10-8-19-6-4-16-10/h10,16H,2-9H2,1H3. The number of rotatable bonds is 6. The lowest BCUT2D eigenvalue weighted by atomic mass is 10.1. The van der Waals surface area contributed by atoms with Gasteiger partial charge in [-0.1, -0.05) is 13.3 Å². The van der Waals surface area contributed by atoms with E-state index in [1.54, 1.807) is 0 Å². The van der Waals surface area contributed by atoms with Crippen LogP contribution >= 0.6 is 0 Å². The molecule has 4 nitrogen and oxygen atoms in total. The lowest BCUT2D eigenvalue weighted by Crippen LogP contribution is -2.47. The van der Waals surface area contributed by atoms with Crippen LogP contribution in [0.15, 0.2) is 0 Å². The number of amides is 1. The van der Waals surface area contributed by atoms with Crippen molar-refractivity contribution in [2.24, 2.45) is 0 Å². The van der Waals surface area contributed by atoms with Gasteiger partial charge in [-0.3, -0.25) is 4.79 Å². The number of carbonyl (C=O) groups excluding carboxylic acids is 1. The van der Waals surface area contributed by atoms with Gasteiger partial charge in [0.1, 0.15) is 6.54 Å². The molecule has 1 atom stereocenters. The van der Waals surface area contributed by atoms with Gasteiger partial charge >= 0.3 is 6.18 Å². The maximum Gasteiger partial charge on any atom is 0.406 e. The SMILES string of the molecule is CCCCN(CC(F)(F)F)C(=O)CC1COCCN1. The van der Waals surface area contributed by atoms with Gasteiger partial charge in [0.15, 0.2) is 0 Å². The highest BCUT2D eigenvalue weighted by Crippen LogP contribution is 2.18. The van der Waals surface area contributed by atoms with E-state index in [0.717, 1.165) is 11.3 Å². The number of ether oxygens (including phenoxy) is 1. The average Bonchev–Trinajstić information content (AvgIpc) is 2.34. The zero-order chi connectivity index (χ0) is 14.3. The smallest absolute Gasteiger partial charge is 0.378 e. The molecule has 0 aliphatic carbocycles. The number of hydrogen-bond donors (Lipinski definition) is 1. The van der Waals surface area contributed by atoms with Crippen LogP contribution in [0.4, 0.5) is 13.2 Å². The van der Waals surface area contributed by atoms with Gasteiger partial charge in [-0.15, -0.1) is 0 Å². The Labute approximate surface area is 111 Å². The molecule has 0 spiro atoms. The summed E-state index contributed by atoms with van der Waals surface area (Å²) in [4.78, 5) is 12.8. The molecule has 0 radical (unpaired) electrons. The van der Waals surface area contributed by atoms with Crippen molar-refractivity contribution in [2.75, 3.05) is 32.8 Å². The van der Waals surface area contributed by atoms with Crippen LogP contribution in [0.5, 0.6) is 0 Å². The van der Waals surface area contributed by atoms with Crippen molar-refractivity contribution in [2.45, 2.75) is 38.4 Å². The molecule has 1 aliphatic heterocycles. The van der Waals surface area contributed by atoms with Crippen LogP contribution in [-0.4, -0.2) is 55.9 Å². The average molecular weight is 282 g/mol. The van der Waals surface area contributed by atoms with Crippen LogP contribution in [0, 0.1) is 0 Å². The second-order valence-electron chi connectivity index (χ2n) is 4.71. The van der Waals surface area contributed by atoms with Crippen molar-refractivity contribution in [3.05, 3.63) is 0 Å². The Bertz CT molecular complexity index is 279. The molecule has 19 heavy (non-hydrogen) atoms. The first-order chi connectivity index (χ1) is 8.92. The number of nitrogens with one attached hydrogen (secondary N) is 1. The maximum atomic E-state index is 12.4. The number of hydrogen-bond acceptors (Lipinski definition) is 3. The Morgan fingerprint density at radius 3 is 2.74 bits per heavy atom. The molecule has 1 aliphatic rings. The molecule has 0 aromatic heterocycles. The van der Waals surface area contributed by atoms with E-state index in [4.69, 9.17) is 4.74 Å². The first kappa shape index (κ1) is 16.2. The van der Waals surface area contributed by atoms with E-state index in [0.29, 0.717) is 26.2 Å². The van der Waals surface area contributed by atoms with Crippen LogP contribution in [0.2, 0.25) is 0 Å². The van der Waals surface area contributed by atoms with E-state index in [2.05, 4.69) is 5.32 Å². The minimum absolute atomic E-state index is 0.0554. The van der Waals surface area contributed by atoms with E-state index in [1.807, 2.05) is 6.92 Å². The Morgan fingerprint density at radius 1 is 1.47 bits per heavy atom. The van der Waals surface area contributed by atoms with Crippen LogP contribution < -0.4 is 5.32 Å². The van der Waals surface area contributed by atoms with E-state index < -0.39 is 18.6 Å². The van der Waals surface area contributed by atoms with Crippen molar-refractivity contribution in [1.82, 2.24) is 10.2 Å². The molecule has 0 saturated carbocycles. The van der Waals surface area contributed by atoms with Crippen LogP contribution in [0.25, 0.3) is 0 Å². The Kier molecular flexibility index (Phi) is 6.57. The van der Waals surface area contributed by atoms with Gasteiger partial charge in [0.25, 0.3) is 0 Å². The fourth-order valence-corrected chi connectivity index (χ4v) is 1.95. The van der Waals surface area contributed by atoms with Gasteiger partial charge in [0.2, 0.25) is 5.91 Å². The van der Waals surface area contributed by atoms with Gasteiger partial charge < -0.3 is 15.0 Å². The number of morpholine rings is 1. The van der Waals surface area contributed by atoms with Gasteiger partial charge in [0.05, 0.1) is 13.2 Å². The highest BCUT2D eigenvalue weighted by atomic mass is 19.4. The third-order valence-electron chi connectivity index (χ3n) is 2.92. The summed E-state index contributed by atoms with van der Waals surface area (Å²) in [6.07, 6.45) is -2.96. The lowest BCUT2D eigenvalue weighted by molar-refractivity contribution is -0.162. The minimum Gasteiger partial charge on any atom is -0.378 e. The summed E-state index contributed by atoms with van der Waals surface area (Å²) in [5, 5.41) is 3.07. The lowest BCUT2D eigenvalue weighted by Gasteiger charge is -2.28. The summed E-state index contributed by atoms with van der Waals surface area (Å²) in [6.45, 7) is 2.45.